The van der Waals surface area contributed by atoms with Crippen molar-refractivity contribution in [2.24, 2.45) is 11.3 Å². The molecule has 0 aromatic carbocycles. The van der Waals surface area contributed by atoms with Crippen LogP contribution in [-0.4, -0.2) is 46.7 Å². The Morgan fingerprint density at radius 1 is 1.59 bits per heavy atom. The van der Waals surface area contributed by atoms with Crippen LogP contribution in [0.4, 0.5) is 5.82 Å². The van der Waals surface area contributed by atoms with Gasteiger partial charge in [0.1, 0.15) is 5.76 Å². The standard InChI is InChI=1S/C14H19N3O4.ClH/c1-9-5-11(16-21-9)15-12(18)7-17-6-10-3-2-4-14(10,8-17)13(19)20;/h5,10H,2-4,6-8H2,1H3,(H,19,20)(H,15,16,18);1H/t10-,14+;/m0./s1. The first kappa shape index (κ1) is 16.8. The number of carboxylic acids is 1. The molecule has 1 saturated heterocycles. The Morgan fingerprint density at radius 3 is 2.95 bits per heavy atom. The summed E-state index contributed by atoms with van der Waals surface area (Å²) in [6.07, 6.45) is 2.62. The fourth-order valence-electron chi connectivity index (χ4n) is 3.67. The zero-order valence-electron chi connectivity index (χ0n) is 12.4. The topological polar surface area (TPSA) is 95.7 Å². The third-order valence-electron chi connectivity index (χ3n) is 4.63. The maximum Gasteiger partial charge on any atom is 0.311 e. The van der Waals surface area contributed by atoms with Crippen molar-refractivity contribution in [3.63, 3.8) is 0 Å². The first-order chi connectivity index (χ1) is 9.99. The van der Waals surface area contributed by atoms with Crippen LogP contribution >= 0.6 is 12.4 Å². The Kier molecular flexibility index (Phi) is 4.77. The van der Waals surface area contributed by atoms with Crippen molar-refractivity contribution in [3.8, 4) is 0 Å². The molecule has 0 unspecified atom stereocenters. The monoisotopic (exact) mass is 329 g/mol. The summed E-state index contributed by atoms with van der Waals surface area (Å²) in [5.74, 6) is 0.275. The van der Waals surface area contributed by atoms with E-state index in [9.17, 15) is 14.7 Å². The Balaban J connectivity index is 0.00000176. The molecule has 0 bridgehead atoms. The Morgan fingerprint density at radius 2 is 2.36 bits per heavy atom. The molecule has 22 heavy (non-hydrogen) atoms. The van der Waals surface area contributed by atoms with Crippen LogP contribution in [0, 0.1) is 18.3 Å². The number of aryl methyl sites for hydroxylation is 1. The van der Waals surface area contributed by atoms with E-state index in [-0.39, 0.29) is 30.8 Å². The smallest absolute Gasteiger partial charge is 0.311 e. The molecule has 2 N–H and O–H groups in total. The highest BCUT2D eigenvalue weighted by Gasteiger charge is 2.54. The van der Waals surface area contributed by atoms with E-state index in [0.717, 1.165) is 12.8 Å². The number of carbonyl (C=O) groups is 2. The van der Waals surface area contributed by atoms with Crippen LogP contribution in [0.5, 0.6) is 0 Å². The van der Waals surface area contributed by atoms with Gasteiger partial charge in [-0.15, -0.1) is 12.4 Å². The van der Waals surface area contributed by atoms with Gasteiger partial charge in [-0.2, -0.15) is 0 Å². The molecule has 7 nitrogen and oxygen atoms in total. The average Bonchev–Trinajstić information content (AvgIpc) is 3.03. The van der Waals surface area contributed by atoms with Crippen LogP contribution in [-0.2, 0) is 9.59 Å². The van der Waals surface area contributed by atoms with E-state index in [1.807, 2.05) is 4.90 Å². The highest BCUT2D eigenvalue weighted by Crippen LogP contribution is 2.48. The van der Waals surface area contributed by atoms with E-state index in [1.165, 1.54) is 0 Å². The molecule has 1 aliphatic carbocycles. The number of hydrogen-bond donors (Lipinski definition) is 2. The second kappa shape index (κ2) is 6.26. The minimum atomic E-state index is -0.722. The molecule has 8 heteroatoms. The Bertz CT molecular complexity index is 576. The van der Waals surface area contributed by atoms with Gasteiger partial charge in [0.15, 0.2) is 5.82 Å². The fraction of sp³-hybridized carbons (Fsp3) is 0.643. The number of carbonyl (C=O) groups excluding carboxylic acids is 1. The van der Waals surface area contributed by atoms with Crippen molar-refractivity contribution in [2.45, 2.75) is 26.2 Å². The molecule has 2 aliphatic rings. The molecule has 1 saturated carbocycles. The van der Waals surface area contributed by atoms with E-state index in [1.54, 1.807) is 13.0 Å². The van der Waals surface area contributed by atoms with Gasteiger partial charge in [-0.05, 0) is 25.7 Å². The largest absolute Gasteiger partial charge is 0.481 e. The number of aliphatic carboxylic acids is 1. The normalized spacial score (nSPS) is 27.2. The van der Waals surface area contributed by atoms with Gasteiger partial charge in [-0.25, -0.2) is 0 Å². The number of carboxylic acid groups (broad SMARTS) is 1. The molecule has 2 heterocycles. The van der Waals surface area contributed by atoms with E-state index in [4.69, 9.17) is 4.52 Å². The zero-order chi connectivity index (χ0) is 15.0. The van der Waals surface area contributed by atoms with Crippen molar-refractivity contribution < 1.29 is 19.2 Å². The van der Waals surface area contributed by atoms with E-state index in [2.05, 4.69) is 10.5 Å². The van der Waals surface area contributed by atoms with E-state index in [0.29, 0.717) is 31.1 Å². The molecule has 1 aromatic rings. The first-order valence-electron chi connectivity index (χ1n) is 7.18. The maximum atomic E-state index is 12.0. The molecule has 122 valence electrons. The summed E-state index contributed by atoms with van der Waals surface area (Å²) < 4.78 is 4.89. The molecular formula is C14H20ClN3O4. The minimum absolute atomic E-state index is 0. The quantitative estimate of drug-likeness (QED) is 0.869. The van der Waals surface area contributed by atoms with Gasteiger partial charge >= 0.3 is 5.97 Å². The van der Waals surface area contributed by atoms with Gasteiger partial charge < -0.3 is 14.9 Å². The average molecular weight is 330 g/mol. The lowest BCUT2D eigenvalue weighted by molar-refractivity contribution is -0.149. The van der Waals surface area contributed by atoms with Crippen LogP contribution in [0.2, 0.25) is 0 Å². The number of nitrogens with zero attached hydrogens (tertiary/aromatic N) is 2. The number of anilines is 1. The predicted molar refractivity (Wildman–Crippen MR) is 81.0 cm³/mol. The molecule has 1 amide bonds. The molecular weight excluding hydrogens is 310 g/mol. The minimum Gasteiger partial charge on any atom is -0.481 e. The van der Waals surface area contributed by atoms with Crippen LogP contribution in [0.25, 0.3) is 0 Å². The molecule has 0 spiro atoms. The highest BCUT2D eigenvalue weighted by atomic mass is 35.5. The van der Waals surface area contributed by atoms with Gasteiger partial charge in [-0.1, -0.05) is 11.6 Å². The van der Waals surface area contributed by atoms with Crippen molar-refractivity contribution >= 4 is 30.1 Å². The third-order valence-corrected chi connectivity index (χ3v) is 4.63. The molecule has 1 aromatic heterocycles. The van der Waals surface area contributed by atoms with Crippen LogP contribution < -0.4 is 5.32 Å². The molecule has 3 rings (SSSR count). The molecule has 0 radical (unpaired) electrons. The summed E-state index contributed by atoms with van der Waals surface area (Å²) >= 11 is 0. The third kappa shape index (κ3) is 2.96. The number of halogens is 1. The Labute approximate surface area is 134 Å². The van der Waals surface area contributed by atoms with E-state index < -0.39 is 11.4 Å². The number of rotatable bonds is 4. The summed E-state index contributed by atoms with van der Waals surface area (Å²) in [4.78, 5) is 25.5. The lowest BCUT2D eigenvalue weighted by Gasteiger charge is -2.23. The second-order valence-corrected chi connectivity index (χ2v) is 6.09. The van der Waals surface area contributed by atoms with E-state index >= 15 is 0 Å². The van der Waals surface area contributed by atoms with Crippen molar-refractivity contribution in [2.75, 3.05) is 25.0 Å². The van der Waals surface area contributed by atoms with Gasteiger partial charge in [0.05, 0.1) is 12.0 Å². The lowest BCUT2D eigenvalue weighted by atomic mass is 9.81. The van der Waals surface area contributed by atoms with Gasteiger partial charge in [-0.3, -0.25) is 14.5 Å². The van der Waals surface area contributed by atoms with Crippen molar-refractivity contribution in [1.29, 1.82) is 0 Å². The maximum absolute atomic E-state index is 12.0. The summed E-state index contributed by atoms with van der Waals surface area (Å²) in [7, 11) is 0. The second-order valence-electron chi connectivity index (χ2n) is 6.09. The summed E-state index contributed by atoms with van der Waals surface area (Å²) in [5, 5.41) is 15.9. The van der Waals surface area contributed by atoms with Gasteiger partial charge in [0.25, 0.3) is 0 Å². The summed E-state index contributed by atoms with van der Waals surface area (Å²) in [5.41, 5.74) is -0.648. The Hall–Kier alpha value is -1.60. The van der Waals surface area contributed by atoms with Crippen LogP contribution in [0.15, 0.2) is 10.6 Å². The number of fused-ring (bicyclic) bond motifs is 1. The summed E-state index contributed by atoms with van der Waals surface area (Å²) in [6.45, 7) is 3.08. The molecule has 1 aliphatic heterocycles. The number of likely N-dealkylation sites (tertiary alicyclic amines) is 1. The summed E-state index contributed by atoms with van der Waals surface area (Å²) in [6, 6.07) is 1.65. The van der Waals surface area contributed by atoms with Crippen molar-refractivity contribution in [3.05, 3.63) is 11.8 Å². The van der Waals surface area contributed by atoms with Gasteiger partial charge in [0, 0.05) is 19.2 Å². The number of nitrogens with one attached hydrogen (secondary N) is 1. The first-order valence-corrected chi connectivity index (χ1v) is 7.18. The zero-order valence-corrected chi connectivity index (χ0v) is 13.2. The van der Waals surface area contributed by atoms with Gasteiger partial charge in [0.2, 0.25) is 5.91 Å². The number of aromatic nitrogens is 1. The fourth-order valence-corrected chi connectivity index (χ4v) is 3.67. The van der Waals surface area contributed by atoms with Crippen LogP contribution in [0.3, 0.4) is 0 Å². The number of amides is 1. The van der Waals surface area contributed by atoms with Crippen LogP contribution in [0.1, 0.15) is 25.0 Å². The highest BCUT2D eigenvalue weighted by molar-refractivity contribution is 5.91. The predicted octanol–water partition coefficient (Wildman–Crippen LogP) is 1.53. The SMILES string of the molecule is Cc1cc(NC(=O)CN2C[C@@H]3CCC[C@@]3(C(=O)O)C2)no1.Cl. The number of hydrogen-bond acceptors (Lipinski definition) is 5. The van der Waals surface area contributed by atoms with Crippen molar-refractivity contribution in [1.82, 2.24) is 10.1 Å². The molecule has 2 fully saturated rings. The molecule has 2 atom stereocenters. The lowest BCUT2D eigenvalue weighted by Crippen LogP contribution is -2.37.